The molecule has 1 aliphatic rings. The average Bonchev–Trinajstić information content (AvgIpc) is 2.90. The lowest BCUT2D eigenvalue weighted by molar-refractivity contribution is -0.674. The largest absolute Gasteiger partial charge is 0.497 e. The molecule has 1 unspecified atom stereocenters. The number of nitrogens with zero attached hydrogens (tertiary/aromatic N) is 1. The molecule has 6 heteroatoms. The molecule has 1 atom stereocenters. The zero-order valence-corrected chi connectivity index (χ0v) is 15.5. The lowest BCUT2D eigenvalue weighted by Crippen LogP contribution is -2.92. The van der Waals surface area contributed by atoms with Crippen LogP contribution in [0.1, 0.15) is 12.0 Å². The molecular formula is C19H20BrN2O3+. The van der Waals surface area contributed by atoms with E-state index in [1.165, 1.54) is 10.5 Å². The van der Waals surface area contributed by atoms with Crippen molar-refractivity contribution in [3.05, 3.63) is 58.6 Å². The fourth-order valence-electron chi connectivity index (χ4n) is 2.94. The second kappa shape index (κ2) is 7.80. The maximum absolute atomic E-state index is 12.6. The quantitative estimate of drug-likeness (QED) is 0.749. The van der Waals surface area contributed by atoms with Crippen LogP contribution in [0.4, 0.5) is 5.69 Å². The van der Waals surface area contributed by atoms with Crippen LogP contribution in [0.15, 0.2) is 53.0 Å². The number of hydrogen-bond acceptors (Lipinski definition) is 3. The van der Waals surface area contributed by atoms with Crippen molar-refractivity contribution in [2.75, 3.05) is 18.6 Å². The van der Waals surface area contributed by atoms with Gasteiger partial charge < -0.3 is 10.1 Å². The molecule has 0 aliphatic carbocycles. The Morgan fingerprint density at radius 2 is 1.80 bits per heavy atom. The van der Waals surface area contributed by atoms with E-state index in [-0.39, 0.29) is 24.3 Å². The molecule has 2 aromatic rings. The Morgan fingerprint density at radius 3 is 2.44 bits per heavy atom. The topological polar surface area (TPSA) is 63.2 Å². The Kier molecular flexibility index (Phi) is 5.50. The number of hydrogen-bond donors (Lipinski definition) is 1. The Balaban J connectivity index is 1.57. The number of quaternary nitrogens is 1. The van der Waals surface area contributed by atoms with E-state index in [0.717, 1.165) is 23.2 Å². The predicted octanol–water partition coefficient (Wildman–Crippen LogP) is 1.90. The number of rotatable bonds is 6. The molecule has 25 heavy (non-hydrogen) atoms. The highest BCUT2D eigenvalue weighted by molar-refractivity contribution is 9.10. The summed E-state index contributed by atoms with van der Waals surface area (Å²) in [4.78, 5) is 26.1. The van der Waals surface area contributed by atoms with Gasteiger partial charge in [-0.25, -0.2) is 4.90 Å². The van der Waals surface area contributed by atoms with E-state index >= 15 is 0 Å². The standard InChI is InChI=1S/C19H19BrN2O3/c1-25-16-8-2-13(3-9-16)10-11-21-17-12-18(23)22(19(17)24)15-6-4-14(20)5-7-15/h2-9,17,21H,10-12H2,1H3/p+1. The Bertz CT molecular complexity index is 759. The smallest absolute Gasteiger partial charge is 0.292 e. The van der Waals surface area contributed by atoms with Gasteiger partial charge in [-0.2, -0.15) is 0 Å². The lowest BCUT2D eigenvalue weighted by atomic mass is 10.1. The van der Waals surface area contributed by atoms with Crippen molar-refractivity contribution in [1.29, 1.82) is 0 Å². The summed E-state index contributed by atoms with van der Waals surface area (Å²) in [6, 6.07) is 14.8. The van der Waals surface area contributed by atoms with Crippen molar-refractivity contribution >= 4 is 33.4 Å². The molecule has 0 radical (unpaired) electrons. The SMILES string of the molecule is COc1ccc(CC[NH2+]C2CC(=O)N(c3ccc(Br)cc3)C2=O)cc1. The first-order valence-corrected chi connectivity index (χ1v) is 8.96. The summed E-state index contributed by atoms with van der Waals surface area (Å²) >= 11 is 3.36. The number of halogens is 1. The number of imide groups is 1. The summed E-state index contributed by atoms with van der Waals surface area (Å²) < 4.78 is 6.06. The zero-order chi connectivity index (χ0) is 17.8. The fourth-order valence-corrected chi connectivity index (χ4v) is 3.21. The maximum Gasteiger partial charge on any atom is 0.292 e. The van der Waals surface area contributed by atoms with Crippen molar-refractivity contribution in [3.8, 4) is 5.75 Å². The van der Waals surface area contributed by atoms with Crippen molar-refractivity contribution in [1.82, 2.24) is 0 Å². The molecular weight excluding hydrogens is 384 g/mol. The molecule has 1 aliphatic heterocycles. The van der Waals surface area contributed by atoms with Gasteiger partial charge in [0.1, 0.15) is 5.75 Å². The third-order valence-corrected chi connectivity index (χ3v) is 4.84. The summed E-state index contributed by atoms with van der Waals surface area (Å²) in [7, 11) is 1.64. The van der Waals surface area contributed by atoms with Gasteiger partial charge in [-0.05, 0) is 42.0 Å². The minimum atomic E-state index is -0.339. The number of nitrogens with two attached hydrogens (primary N) is 1. The van der Waals surface area contributed by atoms with E-state index in [1.807, 2.05) is 41.7 Å². The van der Waals surface area contributed by atoms with Crippen LogP contribution in [0.2, 0.25) is 0 Å². The van der Waals surface area contributed by atoms with Gasteiger partial charge in [-0.15, -0.1) is 0 Å². The third kappa shape index (κ3) is 4.08. The molecule has 0 aromatic heterocycles. The zero-order valence-electron chi connectivity index (χ0n) is 13.9. The van der Waals surface area contributed by atoms with Gasteiger partial charge in [-0.1, -0.05) is 28.1 Å². The molecule has 2 aromatic carbocycles. The molecule has 2 N–H and O–H groups in total. The van der Waals surface area contributed by atoms with Crippen LogP contribution in [-0.2, 0) is 16.0 Å². The van der Waals surface area contributed by atoms with Crippen molar-refractivity contribution in [2.24, 2.45) is 0 Å². The number of carbonyl (C=O) groups is 2. The molecule has 130 valence electrons. The molecule has 1 heterocycles. The van der Waals surface area contributed by atoms with E-state index in [2.05, 4.69) is 15.9 Å². The monoisotopic (exact) mass is 403 g/mol. The summed E-state index contributed by atoms with van der Waals surface area (Å²) in [5, 5.41) is 1.96. The summed E-state index contributed by atoms with van der Waals surface area (Å²) in [6.45, 7) is 0.754. The normalized spacial score (nSPS) is 17.2. The van der Waals surface area contributed by atoms with Gasteiger partial charge in [0.25, 0.3) is 5.91 Å². The molecule has 5 nitrogen and oxygen atoms in total. The van der Waals surface area contributed by atoms with E-state index in [1.54, 1.807) is 19.2 Å². The van der Waals surface area contributed by atoms with Crippen LogP contribution in [0, 0.1) is 0 Å². The van der Waals surface area contributed by atoms with Gasteiger partial charge >= 0.3 is 0 Å². The summed E-state index contributed by atoms with van der Waals surface area (Å²) in [5.41, 5.74) is 1.81. The van der Waals surface area contributed by atoms with E-state index < -0.39 is 0 Å². The second-order valence-electron chi connectivity index (χ2n) is 5.98. The Labute approximate surface area is 155 Å². The van der Waals surface area contributed by atoms with Gasteiger partial charge in [0, 0.05) is 10.9 Å². The van der Waals surface area contributed by atoms with E-state index in [4.69, 9.17) is 4.74 Å². The lowest BCUT2D eigenvalue weighted by Gasteiger charge is -2.14. The third-order valence-electron chi connectivity index (χ3n) is 4.31. The minimum absolute atomic E-state index is 0.137. The number of amides is 2. The van der Waals surface area contributed by atoms with Crippen LogP contribution in [0.5, 0.6) is 5.75 Å². The van der Waals surface area contributed by atoms with Crippen molar-refractivity contribution < 1.29 is 19.6 Å². The fraction of sp³-hybridized carbons (Fsp3) is 0.263. The molecule has 0 spiro atoms. The first-order chi connectivity index (χ1) is 12.1. The first kappa shape index (κ1) is 17.6. The number of methoxy groups -OCH3 is 1. The average molecular weight is 404 g/mol. The highest BCUT2D eigenvalue weighted by Crippen LogP contribution is 2.23. The molecule has 3 rings (SSSR count). The molecule has 0 saturated carbocycles. The van der Waals surface area contributed by atoms with E-state index in [0.29, 0.717) is 5.69 Å². The van der Waals surface area contributed by atoms with Crippen molar-refractivity contribution in [3.63, 3.8) is 0 Å². The van der Waals surface area contributed by atoms with E-state index in [9.17, 15) is 9.59 Å². The van der Waals surface area contributed by atoms with Gasteiger partial charge in [0.2, 0.25) is 5.91 Å². The highest BCUT2D eigenvalue weighted by Gasteiger charge is 2.41. The Morgan fingerprint density at radius 1 is 1.12 bits per heavy atom. The molecule has 1 saturated heterocycles. The summed E-state index contributed by atoms with van der Waals surface area (Å²) in [6.07, 6.45) is 1.08. The molecule has 0 bridgehead atoms. The predicted molar refractivity (Wildman–Crippen MR) is 98.5 cm³/mol. The van der Waals surface area contributed by atoms with Crippen LogP contribution < -0.4 is 15.0 Å². The van der Waals surface area contributed by atoms with Crippen LogP contribution in [0.3, 0.4) is 0 Å². The first-order valence-electron chi connectivity index (χ1n) is 8.17. The maximum atomic E-state index is 12.6. The highest BCUT2D eigenvalue weighted by atomic mass is 79.9. The van der Waals surface area contributed by atoms with Crippen molar-refractivity contribution in [2.45, 2.75) is 18.9 Å². The minimum Gasteiger partial charge on any atom is -0.497 e. The number of benzene rings is 2. The molecule has 1 fully saturated rings. The van der Waals surface area contributed by atoms with Crippen LogP contribution >= 0.6 is 15.9 Å². The second-order valence-corrected chi connectivity index (χ2v) is 6.89. The van der Waals surface area contributed by atoms with Crippen LogP contribution in [0.25, 0.3) is 0 Å². The summed E-state index contributed by atoms with van der Waals surface area (Å²) in [5.74, 6) is 0.550. The van der Waals surface area contributed by atoms with Gasteiger partial charge in [-0.3, -0.25) is 9.59 Å². The number of carbonyl (C=O) groups excluding carboxylic acids is 2. The van der Waals surface area contributed by atoms with Gasteiger partial charge in [0.15, 0.2) is 6.04 Å². The Hall–Kier alpha value is -2.18. The molecule has 2 amide bonds. The van der Waals surface area contributed by atoms with Gasteiger partial charge in [0.05, 0.1) is 25.8 Å². The van der Waals surface area contributed by atoms with Crippen LogP contribution in [-0.4, -0.2) is 31.5 Å². The number of ether oxygens (including phenoxy) is 1. The number of anilines is 1.